The van der Waals surface area contributed by atoms with Crippen LogP contribution in [0.3, 0.4) is 0 Å². The molecule has 3 rings (SSSR count). The van der Waals surface area contributed by atoms with Crippen LogP contribution in [0.5, 0.6) is 0 Å². The van der Waals surface area contributed by atoms with E-state index in [0.717, 1.165) is 37.3 Å². The monoisotopic (exact) mass is 374 g/mol. The molecule has 5 heteroatoms. The minimum atomic E-state index is -0.430. The van der Waals surface area contributed by atoms with Gasteiger partial charge in [-0.05, 0) is 63.8 Å². The zero-order chi connectivity index (χ0) is 19.4. The first-order chi connectivity index (χ1) is 12.9. The molecule has 0 bridgehead atoms. The SMILES string of the molecule is C[C@@H]1CCC[C@H](O[C@H](C)C(=O)Nc2ccc(N3C[C@@H](C)O[C@H](C)C3)cc2)C1. The van der Waals surface area contributed by atoms with Crippen LogP contribution in [0, 0.1) is 5.92 Å². The smallest absolute Gasteiger partial charge is 0.253 e. The van der Waals surface area contributed by atoms with E-state index in [9.17, 15) is 4.79 Å². The molecule has 2 fully saturated rings. The molecule has 5 nitrogen and oxygen atoms in total. The third kappa shape index (κ3) is 5.69. The molecular weight excluding hydrogens is 340 g/mol. The Morgan fingerprint density at radius 3 is 2.44 bits per heavy atom. The van der Waals surface area contributed by atoms with Crippen molar-refractivity contribution in [2.75, 3.05) is 23.3 Å². The molecular formula is C22H34N2O3. The van der Waals surface area contributed by atoms with Gasteiger partial charge in [-0.15, -0.1) is 0 Å². The van der Waals surface area contributed by atoms with Gasteiger partial charge >= 0.3 is 0 Å². The first kappa shape index (κ1) is 20.2. The molecule has 27 heavy (non-hydrogen) atoms. The maximum atomic E-state index is 12.5. The summed E-state index contributed by atoms with van der Waals surface area (Å²) in [4.78, 5) is 14.8. The van der Waals surface area contributed by atoms with E-state index in [-0.39, 0.29) is 24.2 Å². The number of rotatable bonds is 5. The largest absolute Gasteiger partial charge is 0.372 e. The molecule has 1 heterocycles. The quantitative estimate of drug-likeness (QED) is 0.838. The number of carbonyl (C=O) groups is 1. The normalized spacial score (nSPS) is 30.0. The van der Waals surface area contributed by atoms with Crippen LogP contribution in [0.1, 0.15) is 53.4 Å². The van der Waals surface area contributed by atoms with E-state index in [4.69, 9.17) is 9.47 Å². The van der Waals surface area contributed by atoms with Gasteiger partial charge in [0.1, 0.15) is 6.10 Å². The second-order valence-electron chi connectivity index (χ2n) is 8.37. The van der Waals surface area contributed by atoms with Crippen LogP contribution >= 0.6 is 0 Å². The average molecular weight is 375 g/mol. The Morgan fingerprint density at radius 1 is 1.15 bits per heavy atom. The summed E-state index contributed by atoms with van der Waals surface area (Å²) in [7, 11) is 0. The van der Waals surface area contributed by atoms with Gasteiger partial charge in [-0.3, -0.25) is 4.79 Å². The van der Waals surface area contributed by atoms with Crippen LogP contribution in [0.4, 0.5) is 11.4 Å². The third-order valence-electron chi connectivity index (χ3n) is 5.57. The molecule has 1 saturated heterocycles. The van der Waals surface area contributed by atoms with Gasteiger partial charge in [0.2, 0.25) is 0 Å². The lowest BCUT2D eigenvalue weighted by atomic mass is 9.88. The first-order valence-corrected chi connectivity index (χ1v) is 10.4. The average Bonchev–Trinajstić information content (AvgIpc) is 2.61. The standard InChI is InChI=1S/C22H34N2O3/c1-15-6-5-7-21(12-15)27-18(4)22(25)23-19-8-10-20(11-9-19)24-13-16(2)26-17(3)14-24/h8-11,15-18,21H,5-7,12-14H2,1-4H3,(H,23,25)/t15-,16-,17-,18-,21+/m1/s1. The van der Waals surface area contributed by atoms with E-state index in [1.807, 2.05) is 19.1 Å². The summed E-state index contributed by atoms with van der Waals surface area (Å²) in [5.41, 5.74) is 1.97. The van der Waals surface area contributed by atoms with E-state index in [2.05, 4.69) is 43.1 Å². The molecule has 0 radical (unpaired) electrons. The lowest BCUT2D eigenvalue weighted by Gasteiger charge is -2.36. The number of hydrogen-bond donors (Lipinski definition) is 1. The molecule has 0 unspecified atom stereocenters. The number of carbonyl (C=O) groups excluding carboxylic acids is 1. The molecule has 150 valence electrons. The molecule has 1 N–H and O–H groups in total. The number of morpholine rings is 1. The fourth-order valence-corrected chi connectivity index (χ4v) is 4.24. The Bertz CT molecular complexity index is 608. The van der Waals surface area contributed by atoms with Crippen LogP contribution < -0.4 is 10.2 Å². The second kappa shape index (κ2) is 9.07. The van der Waals surface area contributed by atoms with Crippen molar-refractivity contribution in [3.63, 3.8) is 0 Å². The Morgan fingerprint density at radius 2 is 1.81 bits per heavy atom. The van der Waals surface area contributed by atoms with Gasteiger partial charge in [-0.2, -0.15) is 0 Å². The Kier molecular flexibility index (Phi) is 6.77. The van der Waals surface area contributed by atoms with E-state index in [1.165, 1.54) is 12.8 Å². The number of amides is 1. The molecule has 1 aromatic carbocycles. The van der Waals surface area contributed by atoms with Crippen LogP contribution in [0.2, 0.25) is 0 Å². The van der Waals surface area contributed by atoms with Crippen LogP contribution in [-0.4, -0.2) is 43.4 Å². The number of hydrogen-bond acceptors (Lipinski definition) is 4. The summed E-state index contributed by atoms with van der Waals surface area (Å²) < 4.78 is 11.8. The molecule has 1 saturated carbocycles. The summed E-state index contributed by atoms with van der Waals surface area (Å²) in [6.07, 6.45) is 4.83. The number of anilines is 2. The second-order valence-corrected chi connectivity index (χ2v) is 8.37. The van der Waals surface area contributed by atoms with Gasteiger partial charge in [0.25, 0.3) is 5.91 Å². The van der Waals surface area contributed by atoms with E-state index in [0.29, 0.717) is 5.92 Å². The van der Waals surface area contributed by atoms with E-state index < -0.39 is 6.10 Å². The highest BCUT2D eigenvalue weighted by Gasteiger charge is 2.25. The molecule has 5 atom stereocenters. The summed E-state index contributed by atoms with van der Waals surface area (Å²) in [5, 5.41) is 2.98. The van der Waals surface area contributed by atoms with Crippen molar-refractivity contribution >= 4 is 17.3 Å². The van der Waals surface area contributed by atoms with Gasteiger partial charge in [0.15, 0.2) is 0 Å². The van der Waals surface area contributed by atoms with Crippen molar-refractivity contribution in [1.29, 1.82) is 0 Å². The Labute approximate surface area is 163 Å². The lowest BCUT2D eigenvalue weighted by molar-refractivity contribution is -0.131. The van der Waals surface area contributed by atoms with Gasteiger partial charge in [0.05, 0.1) is 18.3 Å². The maximum absolute atomic E-state index is 12.5. The summed E-state index contributed by atoms with van der Waals surface area (Å²) in [6, 6.07) is 8.06. The third-order valence-corrected chi connectivity index (χ3v) is 5.57. The molecule has 0 aromatic heterocycles. The molecule has 1 aliphatic heterocycles. The lowest BCUT2D eigenvalue weighted by Crippen LogP contribution is -2.45. The van der Waals surface area contributed by atoms with Crippen molar-refractivity contribution in [3.8, 4) is 0 Å². The molecule has 1 aliphatic carbocycles. The Hall–Kier alpha value is -1.59. The van der Waals surface area contributed by atoms with Crippen molar-refractivity contribution < 1.29 is 14.3 Å². The fourth-order valence-electron chi connectivity index (χ4n) is 4.24. The van der Waals surface area contributed by atoms with E-state index >= 15 is 0 Å². The van der Waals surface area contributed by atoms with Crippen LogP contribution in [0.15, 0.2) is 24.3 Å². The minimum Gasteiger partial charge on any atom is -0.372 e. The highest BCUT2D eigenvalue weighted by atomic mass is 16.5. The first-order valence-electron chi connectivity index (χ1n) is 10.4. The predicted octanol–water partition coefficient (Wildman–Crippen LogP) is 4.22. The molecule has 1 amide bonds. The van der Waals surface area contributed by atoms with Gasteiger partial charge < -0.3 is 19.7 Å². The zero-order valence-corrected chi connectivity index (χ0v) is 17.1. The number of nitrogens with one attached hydrogen (secondary N) is 1. The Balaban J connectivity index is 1.52. The minimum absolute atomic E-state index is 0.0745. The topological polar surface area (TPSA) is 50.8 Å². The van der Waals surface area contributed by atoms with Crippen molar-refractivity contribution in [1.82, 2.24) is 0 Å². The number of ether oxygens (including phenoxy) is 2. The van der Waals surface area contributed by atoms with Crippen LogP contribution in [-0.2, 0) is 14.3 Å². The zero-order valence-electron chi connectivity index (χ0n) is 17.1. The van der Waals surface area contributed by atoms with Crippen molar-refractivity contribution in [3.05, 3.63) is 24.3 Å². The number of benzene rings is 1. The van der Waals surface area contributed by atoms with Crippen molar-refractivity contribution in [2.24, 2.45) is 5.92 Å². The van der Waals surface area contributed by atoms with Crippen molar-refractivity contribution in [2.45, 2.75) is 77.8 Å². The highest BCUT2D eigenvalue weighted by molar-refractivity contribution is 5.94. The molecule has 1 aromatic rings. The van der Waals surface area contributed by atoms with Gasteiger partial charge in [-0.25, -0.2) is 0 Å². The maximum Gasteiger partial charge on any atom is 0.253 e. The predicted molar refractivity (Wildman–Crippen MR) is 109 cm³/mol. The summed E-state index contributed by atoms with van der Waals surface area (Å²) in [5.74, 6) is 0.617. The molecule has 0 spiro atoms. The fraction of sp³-hybridized carbons (Fsp3) is 0.682. The summed E-state index contributed by atoms with van der Waals surface area (Å²) >= 11 is 0. The van der Waals surface area contributed by atoms with Gasteiger partial charge in [-0.1, -0.05) is 19.8 Å². The van der Waals surface area contributed by atoms with Crippen LogP contribution in [0.25, 0.3) is 0 Å². The molecule has 2 aliphatic rings. The van der Waals surface area contributed by atoms with E-state index in [1.54, 1.807) is 0 Å². The highest BCUT2D eigenvalue weighted by Crippen LogP contribution is 2.27. The number of nitrogens with zero attached hydrogens (tertiary/aromatic N) is 1. The summed E-state index contributed by atoms with van der Waals surface area (Å²) in [6.45, 7) is 10.1. The van der Waals surface area contributed by atoms with Gasteiger partial charge in [0, 0.05) is 24.5 Å².